The fraction of sp³-hybridized carbons (Fsp3) is 0.300. The van der Waals surface area contributed by atoms with Gasteiger partial charge in [0.25, 0.3) is 0 Å². The smallest absolute Gasteiger partial charge is 0.239 e. The Morgan fingerprint density at radius 1 is 1.04 bits per heavy atom. The summed E-state index contributed by atoms with van der Waals surface area (Å²) in [5, 5.41) is 4.41. The minimum Gasteiger partial charge on any atom is -0.368 e. The molecule has 1 amide bonds. The van der Waals surface area contributed by atoms with Crippen molar-refractivity contribution in [2.45, 2.75) is 12.6 Å². The van der Waals surface area contributed by atoms with Crippen molar-refractivity contribution in [2.24, 2.45) is 5.73 Å². The van der Waals surface area contributed by atoms with Gasteiger partial charge in [0, 0.05) is 44.5 Å². The van der Waals surface area contributed by atoms with Gasteiger partial charge in [-0.25, -0.2) is 4.52 Å². The van der Waals surface area contributed by atoms with Gasteiger partial charge >= 0.3 is 0 Å². The van der Waals surface area contributed by atoms with Gasteiger partial charge in [-0.3, -0.25) is 14.6 Å². The van der Waals surface area contributed by atoms with Crippen LogP contribution in [0, 0.1) is 0 Å². The third-order valence-corrected chi connectivity index (χ3v) is 5.06. The molecule has 0 spiro atoms. The van der Waals surface area contributed by atoms with Crippen LogP contribution in [0.5, 0.6) is 0 Å². The van der Waals surface area contributed by atoms with E-state index in [0.717, 1.165) is 43.8 Å². The molecule has 1 aliphatic heterocycles. The summed E-state index contributed by atoms with van der Waals surface area (Å²) < 4.78 is 1.91. The number of benzene rings is 1. The molecule has 134 valence electrons. The monoisotopic (exact) mass is 349 g/mol. The quantitative estimate of drug-likeness (QED) is 0.761. The second-order valence-electron chi connectivity index (χ2n) is 6.73. The summed E-state index contributed by atoms with van der Waals surface area (Å²) in [6.45, 7) is 4.32. The third-order valence-electron chi connectivity index (χ3n) is 5.06. The maximum atomic E-state index is 12.0. The van der Waals surface area contributed by atoms with Gasteiger partial charge in [0.1, 0.15) is 6.04 Å². The molecular weight excluding hydrogens is 326 g/mol. The minimum atomic E-state index is -0.352. The van der Waals surface area contributed by atoms with Gasteiger partial charge in [-0.2, -0.15) is 5.10 Å². The van der Waals surface area contributed by atoms with Crippen molar-refractivity contribution in [3.05, 3.63) is 72.1 Å². The summed E-state index contributed by atoms with van der Waals surface area (Å²) in [5.74, 6) is -0.285. The lowest BCUT2D eigenvalue weighted by Crippen LogP contribution is -2.49. The Bertz CT molecular complexity index is 883. The second-order valence-corrected chi connectivity index (χ2v) is 6.73. The van der Waals surface area contributed by atoms with Gasteiger partial charge in [0.05, 0.1) is 11.7 Å². The molecule has 0 bridgehead atoms. The van der Waals surface area contributed by atoms with Crippen molar-refractivity contribution in [2.75, 3.05) is 26.2 Å². The molecule has 0 aliphatic carbocycles. The number of fused-ring (bicyclic) bond motifs is 1. The lowest BCUT2D eigenvalue weighted by atomic mass is 10.0. The van der Waals surface area contributed by atoms with E-state index in [1.165, 1.54) is 5.56 Å². The fourth-order valence-electron chi connectivity index (χ4n) is 3.72. The molecule has 1 aromatic carbocycles. The Morgan fingerprint density at radius 2 is 1.77 bits per heavy atom. The number of nitrogens with two attached hydrogens (primary N) is 1. The van der Waals surface area contributed by atoms with Crippen molar-refractivity contribution in [3.63, 3.8) is 0 Å². The summed E-state index contributed by atoms with van der Waals surface area (Å²) in [5.41, 5.74) is 9.05. The zero-order chi connectivity index (χ0) is 17.9. The van der Waals surface area contributed by atoms with Crippen LogP contribution in [0.1, 0.15) is 17.2 Å². The standard InChI is InChI=1S/C20H23N5O/c21-20(26)19(16-6-2-1-3-7-16)24-12-10-23(11-13-24)15-17-14-22-25-9-5-4-8-18(17)25/h1-9,14,19H,10-13,15H2,(H2,21,26). The topological polar surface area (TPSA) is 66.9 Å². The fourth-order valence-corrected chi connectivity index (χ4v) is 3.72. The first-order valence-corrected chi connectivity index (χ1v) is 8.94. The normalized spacial score (nSPS) is 17.4. The zero-order valence-electron chi connectivity index (χ0n) is 14.7. The van der Waals surface area contributed by atoms with Crippen LogP contribution in [0.3, 0.4) is 0 Å². The number of carbonyl (C=O) groups is 1. The molecule has 6 heteroatoms. The number of amides is 1. The van der Waals surface area contributed by atoms with Crippen LogP contribution in [0.15, 0.2) is 60.9 Å². The maximum absolute atomic E-state index is 12.0. The number of nitrogens with zero attached hydrogens (tertiary/aromatic N) is 4. The van der Waals surface area contributed by atoms with Gasteiger partial charge in [-0.1, -0.05) is 36.4 Å². The van der Waals surface area contributed by atoms with Crippen molar-refractivity contribution in [3.8, 4) is 0 Å². The SMILES string of the molecule is NC(=O)C(c1ccccc1)N1CCN(Cc2cnn3ccccc23)CC1. The Balaban J connectivity index is 1.43. The predicted octanol–water partition coefficient (Wildman–Crippen LogP) is 1.68. The van der Waals surface area contributed by atoms with Crippen molar-refractivity contribution in [1.29, 1.82) is 0 Å². The van der Waals surface area contributed by atoms with E-state index >= 15 is 0 Å². The van der Waals surface area contributed by atoms with E-state index in [4.69, 9.17) is 5.73 Å². The maximum Gasteiger partial charge on any atom is 0.239 e. The second kappa shape index (κ2) is 7.27. The minimum absolute atomic E-state index is 0.285. The summed E-state index contributed by atoms with van der Waals surface area (Å²) in [6.07, 6.45) is 3.91. The Morgan fingerprint density at radius 3 is 2.50 bits per heavy atom. The lowest BCUT2D eigenvalue weighted by Gasteiger charge is -2.38. The Kier molecular flexibility index (Phi) is 4.69. The number of piperazine rings is 1. The van der Waals surface area contributed by atoms with E-state index in [-0.39, 0.29) is 11.9 Å². The molecule has 1 fully saturated rings. The van der Waals surface area contributed by atoms with E-state index in [0.29, 0.717) is 0 Å². The van der Waals surface area contributed by atoms with Crippen LogP contribution in [0.4, 0.5) is 0 Å². The number of hydrogen-bond donors (Lipinski definition) is 1. The number of pyridine rings is 1. The summed E-state index contributed by atoms with van der Waals surface area (Å²) in [6, 6.07) is 15.6. The lowest BCUT2D eigenvalue weighted by molar-refractivity contribution is -0.124. The van der Waals surface area contributed by atoms with Crippen LogP contribution >= 0.6 is 0 Å². The third kappa shape index (κ3) is 3.34. The van der Waals surface area contributed by atoms with Gasteiger partial charge in [-0.15, -0.1) is 0 Å². The molecule has 6 nitrogen and oxygen atoms in total. The highest BCUT2D eigenvalue weighted by Crippen LogP contribution is 2.23. The zero-order valence-corrected chi connectivity index (χ0v) is 14.7. The number of carbonyl (C=O) groups excluding carboxylic acids is 1. The molecule has 0 radical (unpaired) electrons. The van der Waals surface area contributed by atoms with Crippen molar-refractivity contribution in [1.82, 2.24) is 19.4 Å². The van der Waals surface area contributed by atoms with E-state index in [2.05, 4.69) is 21.0 Å². The molecule has 26 heavy (non-hydrogen) atoms. The van der Waals surface area contributed by atoms with Gasteiger partial charge in [0.15, 0.2) is 0 Å². The van der Waals surface area contributed by atoms with Gasteiger partial charge < -0.3 is 5.73 Å². The summed E-state index contributed by atoms with van der Waals surface area (Å²) in [4.78, 5) is 16.6. The molecule has 1 aliphatic rings. The highest BCUT2D eigenvalue weighted by Gasteiger charge is 2.29. The molecule has 3 heterocycles. The molecule has 1 saturated heterocycles. The van der Waals surface area contributed by atoms with Crippen LogP contribution < -0.4 is 5.73 Å². The molecule has 1 unspecified atom stereocenters. The number of aromatic nitrogens is 2. The van der Waals surface area contributed by atoms with Crippen LogP contribution in [0.25, 0.3) is 5.52 Å². The molecular formula is C20H23N5O. The Hall–Kier alpha value is -2.70. The summed E-state index contributed by atoms with van der Waals surface area (Å²) >= 11 is 0. The number of rotatable bonds is 5. The highest BCUT2D eigenvalue weighted by molar-refractivity contribution is 5.81. The van der Waals surface area contributed by atoms with Gasteiger partial charge in [0.2, 0.25) is 5.91 Å². The average Bonchev–Trinajstić information content (AvgIpc) is 3.07. The van der Waals surface area contributed by atoms with Crippen molar-refractivity contribution < 1.29 is 4.79 Å². The molecule has 1 atom stereocenters. The van der Waals surface area contributed by atoms with Gasteiger partial charge in [-0.05, 0) is 17.7 Å². The molecule has 3 aromatic rings. The molecule has 2 aromatic heterocycles. The number of hydrogen-bond acceptors (Lipinski definition) is 4. The Labute approximate surface area is 152 Å². The largest absolute Gasteiger partial charge is 0.368 e. The number of primary amides is 1. The van der Waals surface area contributed by atoms with E-state index < -0.39 is 0 Å². The van der Waals surface area contributed by atoms with Crippen molar-refractivity contribution >= 4 is 11.4 Å². The van der Waals surface area contributed by atoms with Crippen LogP contribution in [-0.2, 0) is 11.3 Å². The first kappa shape index (κ1) is 16.8. The van der Waals surface area contributed by atoms with E-state index in [1.54, 1.807) is 0 Å². The van der Waals surface area contributed by atoms with E-state index in [9.17, 15) is 4.79 Å². The molecule has 4 rings (SSSR count). The molecule has 2 N–H and O–H groups in total. The van der Waals surface area contributed by atoms with Crippen LogP contribution in [-0.4, -0.2) is 51.5 Å². The first-order valence-electron chi connectivity index (χ1n) is 8.94. The van der Waals surface area contributed by atoms with Crippen LogP contribution in [0.2, 0.25) is 0 Å². The predicted molar refractivity (Wildman–Crippen MR) is 100 cm³/mol. The summed E-state index contributed by atoms with van der Waals surface area (Å²) in [7, 11) is 0. The molecule has 0 saturated carbocycles. The first-order chi connectivity index (χ1) is 12.7. The van der Waals surface area contributed by atoms with E-state index in [1.807, 2.05) is 59.4 Å². The average molecular weight is 349 g/mol. The highest BCUT2D eigenvalue weighted by atomic mass is 16.1.